The van der Waals surface area contributed by atoms with Gasteiger partial charge in [0.05, 0.1) is 10.6 Å². The van der Waals surface area contributed by atoms with Crippen LogP contribution in [-0.4, -0.2) is 40.8 Å². The van der Waals surface area contributed by atoms with E-state index in [9.17, 15) is 9.59 Å². The number of carbonyl (C=O) groups is 2. The van der Waals surface area contributed by atoms with Crippen LogP contribution in [0.5, 0.6) is 0 Å². The molecule has 102 valence electrons. The Morgan fingerprint density at radius 1 is 1.42 bits per heavy atom. The predicted octanol–water partition coefficient (Wildman–Crippen LogP) is 1.48. The SMILES string of the molecule is CC(NC(=O)c1ccncc1Cl)C(=O)N1CCCC1. The van der Waals surface area contributed by atoms with Crippen molar-refractivity contribution in [3.63, 3.8) is 0 Å². The average Bonchev–Trinajstić information content (AvgIpc) is 2.92. The molecule has 0 spiro atoms. The number of halogens is 1. The number of nitrogens with zero attached hydrogens (tertiary/aromatic N) is 2. The molecule has 5 nitrogen and oxygen atoms in total. The summed E-state index contributed by atoms with van der Waals surface area (Å²) < 4.78 is 0. The third-order valence-corrected chi connectivity index (χ3v) is 3.45. The van der Waals surface area contributed by atoms with E-state index in [2.05, 4.69) is 10.3 Å². The van der Waals surface area contributed by atoms with Gasteiger partial charge in [-0.3, -0.25) is 14.6 Å². The molecule has 1 fully saturated rings. The first kappa shape index (κ1) is 13.8. The van der Waals surface area contributed by atoms with Crippen LogP contribution in [0.1, 0.15) is 30.1 Å². The van der Waals surface area contributed by atoms with E-state index >= 15 is 0 Å². The second-order valence-electron chi connectivity index (χ2n) is 4.58. The zero-order chi connectivity index (χ0) is 13.8. The van der Waals surface area contributed by atoms with Crippen molar-refractivity contribution >= 4 is 23.4 Å². The summed E-state index contributed by atoms with van der Waals surface area (Å²) in [4.78, 5) is 29.7. The minimum atomic E-state index is -0.546. The number of amides is 2. The van der Waals surface area contributed by atoms with E-state index in [0.29, 0.717) is 5.56 Å². The first-order valence-corrected chi connectivity index (χ1v) is 6.66. The van der Waals surface area contributed by atoms with Gasteiger partial charge in [0.2, 0.25) is 5.91 Å². The summed E-state index contributed by atoms with van der Waals surface area (Å²) in [5.74, 6) is -0.400. The average molecular weight is 282 g/mol. The molecule has 0 bridgehead atoms. The number of hydrogen-bond donors (Lipinski definition) is 1. The van der Waals surface area contributed by atoms with Crippen molar-refractivity contribution in [3.05, 3.63) is 29.0 Å². The highest BCUT2D eigenvalue weighted by Crippen LogP contribution is 2.14. The fraction of sp³-hybridized carbons (Fsp3) is 0.462. The Hall–Kier alpha value is -1.62. The Balaban J connectivity index is 1.98. The van der Waals surface area contributed by atoms with Gasteiger partial charge in [0.25, 0.3) is 5.91 Å². The van der Waals surface area contributed by atoms with Crippen LogP contribution < -0.4 is 5.32 Å². The Labute approximate surface area is 117 Å². The molecule has 1 unspecified atom stereocenters. The highest BCUT2D eigenvalue weighted by molar-refractivity contribution is 6.33. The molecule has 1 aromatic heterocycles. The molecule has 2 amide bonds. The van der Waals surface area contributed by atoms with Crippen LogP contribution in [-0.2, 0) is 4.79 Å². The lowest BCUT2D eigenvalue weighted by Crippen LogP contribution is -2.46. The smallest absolute Gasteiger partial charge is 0.253 e. The normalized spacial score (nSPS) is 16.2. The highest BCUT2D eigenvalue weighted by atomic mass is 35.5. The third-order valence-electron chi connectivity index (χ3n) is 3.15. The molecule has 0 saturated carbocycles. The maximum absolute atomic E-state index is 12.1. The van der Waals surface area contributed by atoms with Crippen molar-refractivity contribution < 1.29 is 9.59 Å². The molecule has 1 atom stereocenters. The number of nitrogens with one attached hydrogen (secondary N) is 1. The maximum Gasteiger partial charge on any atom is 0.253 e. The Bertz CT molecular complexity index is 487. The second-order valence-corrected chi connectivity index (χ2v) is 4.99. The van der Waals surface area contributed by atoms with E-state index in [0.717, 1.165) is 25.9 Å². The van der Waals surface area contributed by atoms with Crippen LogP contribution in [0.2, 0.25) is 5.02 Å². The van der Waals surface area contributed by atoms with Gasteiger partial charge in [-0.05, 0) is 25.8 Å². The summed E-state index contributed by atoms with van der Waals surface area (Å²) in [7, 11) is 0. The Kier molecular flexibility index (Phi) is 4.37. The number of hydrogen-bond acceptors (Lipinski definition) is 3. The zero-order valence-electron chi connectivity index (χ0n) is 10.7. The first-order valence-electron chi connectivity index (χ1n) is 6.29. The standard InChI is InChI=1S/C13H16ClN3O2/c1-9(13(19)17-6-2-3-7-17)16-12(18)10-4-5-15-8-11(10)14/h4-5,8-9H,2-3,6-7H2,1H3,(H,16,18). The van der Waals surface area contributed by atoms with Crippen molar-refractivity contribution in [3.8, 4) is 0 Å². The van der Waals surface area contributed by atoms with Crippen LogP contribution in [0.15, 0.2) is 18.5 Å². The fourth-order valence-corrected chi connectivity index (χ4v) is 2.31. The third kappa shape index (κ3) is 3.23. The lowest BCUT2D eigenvalue weighted by molar-refractivity contribution is -0.131. The number of likely N-dealkylation sites (tertiary alicyclic amines) is 1. The largest absolute Gasteiger partial charge is 0.341 e. The lowest BCUT2D eigenvalue weighted by atomic mass is 10.2. The molecule has 6 heteroatoms. The van der Waals surface area contributed by atoms with Gasteiger partial charge in [0.1, 0.15) is 6.04 Å². The summed E-state index contributed by atoms with van der Waals surface area (Å²) in [6.07, 6.45) is 4.96. The molecule has 0 radical (unpaired) electrons. The monoisotopic (exact) mass is 281 g/mol. The molecule has 1 aromatic rings. The fourth-order valence-electron chi connectivity index (χ4n) is 2.11. The van der Waals surface area contributed by atoms with Crippen LogP contribution >= 0.6 is 11.6 Å². The summed E-state index contributed by atoms with van der Waals surface area (Å²) in [5.41, 5.74) is 0.331. The summed E-state index contributed by atoms with van der Waals surface area (Å²) in [5, 5.41) is 2.95. The topological polar surface area (TPSA) is 62.3 Å². The molecule has 1 N–H and O–H groups in total. The van der Waals surface area contributed by atoms with Crippen molar-refractivity contribution in [2.45, 2.75) is 25.8 Å². The predicted molar refractivity (Wildman–Crippen MR) is 72.0 cm³/mol. The van der Waals surface area contributed by atoms with Crippen LogP contribution in [0.4, 0.5) is 0 Å². The molecule has 0 aromatic carbocycles. The maximum atomic E-state index is 12.1. The summed E-state index contributed by atoms with van der Waals surface area (Å²) >= 11 is 5.89. The van der Waals surface area contributed by atoms with Crippen molar-refractivity contribution in [2.75, 3.05) is 13.1 Å². The van der Waals surface area contributed by atoms with Crippen LogP contribution in [0.25, 0.3) is 0 Å². The molecule has 1 aliphatic rings. The van der Waals surface area contributed by atoms with E-state index < -0.39 is 6.04 Å². The van der Waals surface area contributed by atoms with E-state index in [1.807, 2.05) is 0 Å². The van der Waals surface area contributed by atoms with Crippen molar-refractivity contribution in [1.82, 2.24) is 15.2 Å². The van der Waals surface area contributed by atoms with Gasteiger partial charge in [-0.1, -0.05) is 11.6 Å². The Morgan fingerprint density at radius 3 is 2.74 bits per heavy atom. The minimum absolute atomic E-state index is 0.0453. The number of pyridine rings is 1. The number of carbonyl (C=O) groups excluding carboxylic acids is 2. The minimum Gasteiger partial charge on any atom is -0.341 e. The quantitative estimate of drug-likeness (QED) is 0.913. The van der Waals surface area contributed by atoms with Gasteiger partial charge in [-0.2, -0.15) is 0 Å². The van der Waals surface area contributed by atoms with Gasteiger partial charge in [0, 0.05) is 25.5 Å². The molecule has 2 rings (SSSR count). The van der Waals surface area contributed by atoms with Crippen molar-refractivity contribution in [2.24, 2.45) is 0 Å². The zero-order valence-corrected chi connectivity index (χ0v) is 11.5. The van der Waals surface area contributed by atoms with E-state index in [1.165, 1.54) is 18.5 Å². The molecule has 1 aliphatic heterocycles. The molecule has 19 heavy (non-hydrogen) atoms. The first-order chi connectivity index (χ1) is 9.09. The van der Waals surface area contributed by atoms with Crippen molar-refractivity contribution in [1.29, 1.82) is 0 Å². The lowest BCUT2D eigenvalue weighted by Gasteiger charge is -2.21. The van der Waals surface area contributed by atoms with Gasteiger partial charge < -0.3 is 10.2 Å². The van der Waals surface area contributed by atoms with Gasteiger partial charge in [-0.15, -0.1) is 0 Å². The van der Waals surface area contributed by atoms with E-state index in [-0.39, 0.29) is 16.8 Å². The summed E-state index contributed by atoms with van der Waals surface area (Å²) in [6.45, 7) is 3.23. The Morgan fingerprint density at radius 2 is 2.11 bits per heavy atom. The molecular formula is C13H16ClN3O2. The van der Waals surface area contributed by atoms with Crippen LogP contribution in [0, 0.1) is 0 Å². The highest BCUT2D eigenvalue weighted by Gasteiger charge is 2.25. The molecular weight excluding hydrogens is 266 g/mol. The second kappa shape index (κ2) is 6.02. The van der Waals surface area contributed by atoms with Gasteiger partial charge in [0.15, 0.2) is 0 Å². The molecule has 0 aliphatic carbocycles. The molecule has 2 heterocycles. The summed E-state index contributed by atoms with van der Waals surface area (Å²) in [6, 6.07) is 0.986. The molecule has 1 saturated heterocycles. The van der Waals surface area contributed by atoms with Gasteiger partial charge >= 0.3 is 0 Å². The van der Waals surface area contributed by atoms with E-state index in [1.54, 1.807) is 11.8 Å². The van der Waals surface area contributed by atoms with Crippen LogP contribution in [0.3, 0.4) is 0 Å². The van der Waals surface area contributed by atoms with E-state index in [4.69, 9.17) is 11.6 Å². The van der Waals surface area contributed by atoms with Gasteiger partial charge in [-0.25, -0.2) is 0 Å². The number of rotatable bonds is 3. The number of aromatic nitrogens is 1.